The molecular formula is C13H17NO3. The molecule has 0 aliphatic carbocycles. The summed E-state index contributed by atoms with van der Waals surface area (Å²) in [5.74, 6) is -1.55. The zero-order valence-electron chi connectivity index (χ0n) is 10.1. The first-order valence-corrected chi connectivity index (χ1v) is 5.50. The van der Waals surface area contributed by atoms with Gasteiger partial charge in [-0.15, -0.1) is 0 Å². The van der Waals surface area contributed by atoms with E-state index in [1.807, 2.05) is 30.3 Å². The second-order valence-electron chi connectivity index (χ2n) is 4.20. The van der Waals surface area contributed by atoms with Gasteiger partial charge in [0, 0.05) is 7.05 Å². The first-order chi connectivity index (χ1) is 8.00. The van der Waals surface area contributed by atoms with Gasteiger partial charge >= 0.3 is 5.97 Å². The highest BCUT2D eigenvalue weighted by Gasteiger charge is 2.40. The Balaban J connectivity index is 2.76. The summed E-state index contributed by atoms with van der Waals surface area (Å²) in [5, 5.41) is 11.6. The molecule has 0 bridgehead atoms. The first kappa shape index (κ1) is 13.2. The summed E-state index contributed by atoms with van der Waals surface area (Å²) in [6, 6.07) is 9.54. The summed E-state index contributed by atoms with van der Waals surface area (Å²) in [6.45, 7) is 1.46. The van der Waals surface area contributed by atoms with Crippen LogP contribution in [0.4, 0.5) is 0 Å². The van der Waals surface area contributed by atoms with Crippen molar-refractivity contribution >= 4 is 11.9 Å². The van der Waals surface area contributed by atoms with Crippen LogP contribution in [0.1, 0.15) is 18.9 Å². The van der Waals surface area contributed by atoms with Gasteiger partial charge in [-0.2, -0.15) is 0 Å². The third-order valence-corrected chi connectivity index (χ3v) is 2.96. The smallest absolute Gasteiger partial charge is 0.318 e. The average molecular weight is 235 g/mol. The summed E-state index contributed by atoms with van der Waals surface area (Å²) in [7, 11) is 1.45. The molecule has 0 aliphatic heterocycles. The van der Waals surface area contributed by atoms with Crippen molar-refractivity contribution in [2.75, 3.05) is 7.05 Å². The third kappa shape index (κ3) is 3.06. The van der Waals surface area contributed by atoms with Crippen LogP contribution in [0.15, 0.2) is 30.3 Å². The molecule has 4 nitrogen and oxygen atoms in total. The lowest BCUT2D eigenvalue weighted by molar-refractivity contribution is -0.154. The molecule has 0 aliphatic rings. The van der Waals surface area contributed by atoms with Gasteiger partial charge in [0.2, 0.25) is 5.91 Å². The molecule has 1 amide bonds. The van der Waals surface area contributed by atoms with Gasteiger partial charge in [-0.05, 0) is 25.3 Å². The zero-order valence-corrected chi connectivity index (χ0v) is 10.1. The van der Waals surface area contributed by atoms with E-state index in [-0.39, 0.29) is 6.42 Å². The molecule has 0 saturated heterocycles. The lowest BCUT2D eigenvalue weighted by atomic mass is 9.83. The van der Waals surface area contributed by atoms with Crippen molar-refractivity contribution in [1.82, 2.24) is 5.32 Å². The van der Waals surface area contributed by atoms with Crippen LogP contribution in [0, 0.1) is 5.41 Å². The number of amides is 1. The molecule has 1 aromatic rings. The van der Waals surface area contributed by atoms with E-state index in [2.05, 4.69) is 5.32 Å². The van der Waals surface area contributed by atoms with Gasteiger partial charge in [-0.1, -0.05) is 30.3 Å². The van der Waals surface area contributed by atoms with Crippen LogP contribution in [0.25, 0.3) is 0 Å². The molecule has 4 heteroatoms. The Labute approximate surface area is 101 Å². The van der Waals surface area contributed by atoms with Crippen LogP contribution >= 0.6 is 0 Å². The number of carbonyl (C=O) groups is 2. The summed E-state index contributed by atoms with van der Waals surface area (Å²) in [5.41, 5.74) is -0.339. The number of nitrogens with one attached hydrogen (secondary N) is 1. The van der Waals surface area contributed by atoms with Crippen LogP contribution in [-0.2, 0) is 16.0 Å². The van der Waals surface area contributed by atoms with Crippen LogP contribution in [0.3, 0.4) is 0 Å². The van der Waals surface area contributed by atoms with Crippen molar-refractivity contribution in [2.45, 2.75) is 19.8 Å². The monoisotopic (exact) mass is 235 g/mol. The quantitative estimate of drug-likeness (QED) is 0.759. The molecule has 1 rings (SSSR count). The molecule has 1 unspecified atom stereocenters. The Morgan fingerprint density at radius 1 is 1.29 bits per heavy atom. The normalized spacial score (nSPS) is 13.8. The number of aryl methyl sites for hydroxylation is 1. The van der Waals surface area contributed by atoms with Gasteiger partial charge in [-0.3, -0.25) is 9.59 Å². The highest BCUT2D eigenvalue weighted by atomic mass is 16.4. The van der Waals surface area contributed by atoms with Crippen molar-refractivity contribution in [2.24, 2.45) is 5.41 Å². The van der Waals surface area contributed by atoms with E-state index in [1.165, 1.54) is 14.0 Å². The van der Waals surface area contributed by atoms with Gasteiger partial charge in [0.05, 0.1) is 0 Å². The van der Waals surface area contributed by atoms with Crippen molar-refractivity contribution in [3.05, 3.63) is 35.9 Å². The minimum Gasteiger partial charge on any atom is -0.480 e. The first-order valence-electron chi connectivity index (χ1n) is 5.50. The Morgan fingerprint density at radius 2 is 1.88 bits per heavy atom. The molecule has 0 spiro atoms. The highest BCUT2D eigenvalue weighted by Crippen LogP contribution is 2.24. The van der Waals surface area contributed by atoms with E-state index in [0.29, 0.717) is 6.42 Å². The highest BCUT2D eigenvalue weighted by molar-refractivity contribution is 6.01. The van der Waals surface area contributed by atoms with Crippen LogP contribution in [-0.4, -0.2) is 24.0 Å². The molecule has 0 fully saturated rings. The molecule has 0 heterocycles. The predicted molar refractivity (Wildman–Crippen MR) is 64.6 cm³/mol. The summed E-state index contributed by atoms with van der Waals surface area (Å²) in [4.78, 5) is 22.8. The third-order valence-electron chi connectivity index (χ3n) is 2.96. The van der Waals surface area contributed by atoms with Crippen molar-refractivity contribution in [3.8, 4) is 0 Å². The summed E-state index contributed by atoms with van der Waals surface area (Å²) >= 11 is 0. The molecule has 0 saturated carbocycles. The van der Waals surface area contributed by atoms with E-state index < -0.39 is 17.3 Å². The van der Waals surface area contributed by atoms with Crippen molar-refractivity contribution in [1.29, 1.82) is 0 Å². The molecule has 1 aromatic carbocycles. The molecule has 17 heavy (non-hydrogen) atoms. The Hall–Kier alpha value is -1.84. The van der Waals surface area contributed by atoms with E-state index >= 15 is 0 Å². The second-order valence-corrected chi connectivity index (χ2v) is 4.20. The topological polar surface area (TPSA) is 66.4 Å². The molecule has 2 N–H and O–H groups in total. The lowest BCUT2D eigenvalue weighted by Crippen LogP contribution is -2.43. The van der Waals surface area contributed by atoms with E-state index in [1.54, 1.807) is 0 Å². The number of aliphatic carboxylic acids is 1. The molecule has 0 radical (unpaired) electrons. The number of hydrogen-bond acceptors (Lipinski definition) is 2. The maximum Gasteiger partial charge on any atom is 0.318 e. The van der Waals surface area contributed by atoms with Crippen LogP contribution in [0.5, 0.6) is 0 Å². The Bertz CT molecular complexity index is 402. The van der Waals surface area contributed by atoms with E-state index in [4.69, 9.17) is 5.11 Å². The number of carbonyl (C=O) groups excluding carboxylic acids is 1. The van der Waals surface area contributed by atoms with Gasteiger partial charge in [-0.25, -0.2) is 0 Å². The fraction of sp³-hybridized carbons (Fsp3) is 0.385. The van der Waals surface area contributed by atoms with Gasteiger partial charge in [0.15, 0.2) is 0 Å². The summed E-state index contributed by atoms with van der Waals surface area (Å²) in [6.07, 6.45) is 0.850. The lowest BCUT2D eigenvalue weighted by Gasteiger charge is -2.22. The Kier molecular flexibility index (Phi) is 4.26. The maximum atomic E-state index is 11.6. The zero-order chi connectivity index (χ0) is 12.9. The fourth-order valence-corrected chi connectivity index (χ4v) is 1.63. The van der Waals surface area contributed by atoms with E-state index in [0.717, 1.165) is 5.56 Å². The number of benzene rings is 1. The largest absolute Gasteiger partial charge is 0.480 e. The summed E-state index contributed by atoms with van der Waals surface area (Å²) < 4.78 is 0. The predicted octanol–water partition coefficient (Wildman–Crippen LogP) is 1.46. The maximum absolute atomic E-state index is 11.6. The van der Waals surface area contributed by atoms with Gasteiger partial charge < -0.3 is 10.4 Å². The van der Waals surface area contributed by atoms with Crippen molar-refractivity contribution in [3.63, 3.8) is 0 Å². The van der Waals surface area contributed by atoms with E-state index in [9.17, 15) is 9.59 Å². The SMILES string of the molecule is CNC(=O)C(C)(CCc1ccccc1)C(=O)O. The standard InChI is InChI=1S/C13H17NO3/c1-13(12(16)17,11(15)14-2)9-8-10-6-4-3-5-7-10/h3-7H,8-9H2,1-2H3,(H,14,15)(H,16,17). The molecular weight excluding hydrogens is 218 g/mol. The van der Waals surface area contributed by atoms with Crippen LogP contribution < -0.4 is 5.32 Å². The number of carboxylic acids is 1. The van der Waals surface area contributed by atoms with Gasteiger partial charge in [0.25, 0.3) is 0 Å². The van der Waals surface area contributed by atoms with Gasteiger partial charge in [0.1, 0.15) is 5.41 Å². The Morgan fingerprint density at radius 3 is 2.35 bits per heavy atom. The van der Waals surface area contributed by atoms with Crippen molar-refractivity contribution < 1.29 is 14.7 Å². The minimum atomic E-state index is -1.37. The number of hydrogen-bond donors (Lipinski definition) is 2. The second kappa shape index (κ2) is 5.48. The molecule has 1 atom stereocenters. The fourth-order valence-electron chi connectivity index (χ4n) is 1.63. The molecule has 0 aromatic heterocycles. The minimum absolute atomic E-state index is 0.284. The average Bonchev–Trinajstić information content (AvgIpc) is 2.35. The van der Waals surface area contributed by atoms with Crippen LogP contribution in [0.2, 0.25) is 0 Å². The number of carboxylic acid groups (broad SMARTS) is 1. The number of rotatable bonds is 5. The molecule has 92 valence electrons.